The summed E-state index contributed by atoms with van der Waals surface area (Å²) in [6.45, 7) is 3.84. The quantitative estimate of drug-likeness (QED) is 0.809. The van der Waals surface area contributed by atoms with Crippen LogP contribution in [-0.2, 0) is 9.59 Å². The van der Waals surface area contributed by atoms with E-state index in [0.717, 1.165) is 18.2 Å². The summed E-state index contributed by atoms with van der Waals surface area (Å²) in [6.07, 6.45) is -0.102. The lowest BCUT2D eigenvalue weighted by Crippen LogP contribution is -2.40. The first kappa shape index (κ1) is 17.0. The molecule has 1 aromatic rings. The van der Waals surface area contributed by atoms with Crippen molar-refractivity contribution < 1.29 is 23.5 Å². The molecule has 1 aromatic carbocycles. The summed E-state index contributed by atoms with van der Waals surface area (Å²) in [5.74, 6) is -2.87. The number of nitrogens with one attached hydrogen (secondary N) is 1. The standard InChI is InChI=1S/C14H18F2N2O3/c1-3-18(9(2)6-14(20)21)8-13(19)17-12-7-10(15)4-5-11(12)16/h4-5,7,9H,3,6,8H2,1-2H3,(H,17,19)(H,20,21). The van der Waals surface area contributed by atoms with Gasteiger partial charge in [0.2, 0.25) is 5.91 Å². The fraction of sp³-hybridized carbons (Fsp3) is 0.429. The van der Waals surface area contributed by atoms with Crippen molar-refractivity contribution >= 4 is 17.6 Å². The van der Waals surface area contributed by atoms with Gasteiger partial charge in [0.1, 0.15) is 11.6 Å². The molecule has 0 aliphatic carbocycles. The lowest BCUT2D eigenvalue weighted by Gasteiger charge is -2.25. The van der Waals surface area contributed by atoms with Crippen LogP contribution in [0.3, 0.4) is 0 Å². The number of aliphatic carboxylic acids is 1. The van der Waals surface area contributed by atoms with Crippen LogP contribution in [0.1, 0.15) is 20.3 Å². The Hall–Kier alpha value is -2.02. The maximum absolute atomic E-state index is 13.4. The second-order valence-corrected chi connectivity index (χ2v) is 4.68. The van der Waals surface area contributed by atoms with Gasteiger partial charge < -0.3 is 10.4 Å². The zero-order chi connectivity index (χ0) is 16.0. The molecular formula is C14H18F2N2O3. The van der Waals surface area contributed by atoms with Gasteiger partial charge in [-0.3, -0.25) is 14.5 Å². The van der Waals surface area contributed by atoms with Crippen LogP contribution in [-0.4, -0.2) is 41.0 Å². The third-order valence-corrected chi connectivity index (χ3v) is 3.05. The first-order chi connectivity index (χ1) is 9.83. The van der Waals surface area contributed by atoms with E-state index in [1.807, 2.05) is 0 Å². The Morgan fingerprint density at radius 3 is 2.62 bits per heavy atom. The van der Waals surface area contributed by atoms with Crippen LogP contribution in [0.2, 0.25) is 0 Å². The lowest BCUT2D eigenvalue weighted by molar-refractivity contribution is -0.138. The van der Waals surface area contributed by atoms with E-state index in [1.165, 1.54) is 0 Å². The third kappa shape index (κ3) is 5.47. The van der Waals surface area contributed by atoms with Gasteiger partial charge in [-0.05, 0) is 25.6 Å². The molecule has 5 nitrogen and oxygen atoms in total. The number of halogens is 2. The second kappa shape index (κ2) is 7.68. The van der Waals surface area contributed by atoms with Crippen LogP contribution < -0.4 is 5.32 Å². The number of carbonyl (C=O) groups is 2. The number of anilines is 1. The molecular weight excluding hydrogens is 282 g/mol. The Balaban J connectivity index is 2.66. The molecule has 1 rings (SSSR count). The molecule has 0 spiro atoms. The number of hydrogen-bond donors (Lipinski definition) is 2. The molecule has 0 radical (unpaired) electrons. The molecule has 1 atom stereocenters. The lowest BCUT2D eigenvalue weighted by atomic mass is 10.2. The molecule has 0 heterocycles. The predicted octanol–water partition coefficient (Wildman–Crippen LogP) is 2.09. The summed E-state index contributed by atoms with van der Waals surface area (Å²) in [5.41, 5.74) is -0.234. The third-order valence-electron chi connectivity index (χ3n) is 3.05. The largest absolute Gasteiger partial charge is 0.481 e. The highest BCUT2D eigenvalue weighted by Crippen LogP contribution is 2.15. The molecule has 7 heteroatoms. The topological polar surface area (TPSA) is 69.6 Å². The first-order valence-electron chi connectivity index (χ1n) is 6.54. The van der Waals surface area contributed by atoms with Crippen LogP contribution in [0.25, 0.3) is 0 Å². The average Bonchev–Trinajstić information content (AvgIpc) is 2.39. The van der Waals surface area contributed by atoms with Crippen LogP contribution in [0.4, 0.5) is 14.5 Å². The number of likely N-dealkylation sites (N-methyl/N-ethyl adjacent to an activating group) is 1. The number of benzene rings is 1. The number of carboxylic acids is 1. The first-order valence-corrected chi connectivity index (χ1v) is 6.54. The van der Waals surface area contributed by atoms with E-state index in [1.54, 1.807) is 18.7 Å². The van der Waals surface area contributed by atoms with Gasteiger partial charge >= 0.3 is 5.97 Å². The molecule has 0 aromatic heterocycles. The summed E-state index contributed by atoms with van der Waals surface area (Å²) >= 11 is 0. The van der Waals surface area contributed by atoms with Crippen molar-refractivity contribution in [2.45, 2.75) is 26.3 Å². The number of carbonyl (C=O) groups excluding carboxylic acids is 1. The van der Waals surface area contributed by atoms with E-state index in [-0.39, 0.29) is 24.7 Å². The highest BCUT2D eigenvalue weighted by Gasteiger charge is 2.19. The van der Waals surface area contributed by atoms with E-state index in [2.05, 4.69) is 5.32 Å². The average molecular weight is 300 g/mol. The molecule has 2 N–H and O–H groups in total. The van der Waals surface area contributed by atoms with E-state index < -0.39 is 23.5 Å². The van der Waals surface area contributed by atoms with Crippen LogP contribution >= 0.6 is 0 Å². The molecule has 0 aliphatic heterocycles. The van der Waals surface area contributed by atoms with Crippen molar-refractivity contribution in [3.63, 3.8) is 0 Å². The van der Waals surface area contributed by atoms with Crippen molar-refractivity contribution in [3.05, 3.63) is 29.8 Å². The van der Waals surface area contributed by atoms with Gasteiger partial charge in [-0.25, -0.2) is 8.78 Å². The zero-order valence-electron chi connectivity index (χ0n) is 11.9. The Morgan fingerprint density at radius 2 is 2.05 bits per heavy atom. The Kier molecular flexibility index (Phi) is 6.23. The maximum atomic E-state index is 13.4. The molecule has 0 saturated carbocycles. The molecule has 116 valence electrons. The minimum Gasteiger partial charge on any atom is -0.481 e. The van der Waals surface area contributed by atoms with Crippen molar-refractivity contribution in [1.82, 2.24) is 4.90 Å². The normalized spacial score (nSPS) is 12.2. The highest BCUT2D eigenvalue weighted by molar-refractivity contribution is 5.92. The van der Waals surface area contributed by atoms with Crippen molar-refractivity contribution in [1.29, 1.82) is 0 Å². The number of nitrogens with zero attached hydrogens (tertiary/aromatic N) is 1. The molecule has 0 bridgehead atoms. The minimum absolute atomic E-state index is 0.0963. The summed E-state index contributed by atoms with van der Waals surface area (Å²) in [5, 5.41) is 11.0. The Bertz CT molecular complexity index is 523. The second-order valence-electron chi connectivity index (χ2n) is 4.68. The van der Waals surface area contributed by atoms with E-state index >= 15 is 0 Å². The smallest absolute Gasteiger partial charge is 0.304 e. The van der Waals surface area contributed by atoms with Crippen LogP contribution in [0.5, 0.6) is 0 Å². The SMILES string of the molecule is CCN(CC(=O)Nc1cc(F)ccc1F)C(C)CC(=O)O. The van der Waals surface area contributed by atoms with Gasteiger partial charge in [-0.1, -0.05) is 6.92 Å². The molecule has 21 heavy (non-hydrogen) atoms. The molecule has 0 aliphatic rings. The predicted molar refractivity (Wildman–Crippen MR) is 73.9 cm³/mol. The zero-order valence-corrected chi connectivity index (χ0v) is 11.9. The van der Waals surface area contributed by atoms with Gasteiger partial charge in [0.15, 0.2) is 0 Å². The minimum atomic E-state index is -0.961. The summed E-state index contributed by atoms with van der Waals surface area (Å²) in [7, 11) is 0. The number of carboxylic acid groups (broad SMARTS) is 1. The highest BCUT2D eigenvalue weighted by atomic mass is 19.1. The molecule has 0 fully saturated rings. The number of rotatable bonds is 7. The van der Waals surface area contributed by atoms with E-state index in [0.29, 0.717) is 6.54 Å². The summed E-state index contributed by atoms with van der Waals surface area (Å²) in [6, 6.07) is 2.44. The van der Waals surface area contributed by atoms with Crippen molar-refractivity contribution in [2.75, 3.05) is 18.4 Å². The van der Waals surface area contributed by atoms with Crippen molar-refractivity contribution in [3.8, 4) is 0 Å². The van der Waals surface area contributed by atoms with Crippen molar-refractivity contribution in [2.24, 2.45) is 0 Å². The monoisotopic (exact) mass is 300 g/mol. The number of hydrogen-bond acceptors (Lipinski definition) is 3. The van der Waals surface area contributed by atoms with E-state index in [4.69, 9.17) is 5.11 Å². The fourth-order valence-corrected chi connectivity index (χ4v) is 1.93. The van der Waals surface area contributed by atoms with E-state index in [9.17, 15) is 18.4 Å². The summed E-state index contributed by atoms with van der Waals surface area (Å²) in [4.78, 5) is 24.2. The molecule has 1 amide bonds. The fourth-order valence-electron chi connectivity index (χ4n) is 1.93. The van der Waals surface area contributed by atoms with Gasteiger partial charge in [-0.15, -0.1) is 0 Å². The molecule has 0 saturated heterocycles. The van der Waals surface area contributed by atoms with Crippen LogP contribution in [0, 0.1) is 11.6 Å². The van der Waals surface area contributed by atoms with Gasteiger partial charge in [-0.2, -0.15) is 0 Å². The summed E-state index contributed by atoms with van der Waals surface area (Å²) < 4.78 is 26.4. The molecule has 1 unspecified atom stereocenters. The number of amides is 1. The van der Waals surface area contributed by atoms with Crippen LogP contribution in [0.15, 0.2) is 18.2 Å². The Labute approximate surface area is 121 Å². The maximum Gasteiger partial charge on any atom is 0.304 e. The Morgan fingerprint density at radius 1 is 1.38 bits per heavy atom. The van der Waals surface area contributed by atoms with Gasteiger partial charge in [0.25, 0.3) is 0 Å². The van der Waals surface area contributed by atoms with Gasteiger partial charge in [0, 0.05) is 12.1 Å². The van der Waals surface area contributed by atoms with Gasteiger partial charge in [0.05, 0.1) is 18.7 Å².